The summed E-state index contributed by atoms with van der Waals surface area (Å²) in [5, 5.41) is 6.48. The molecular formula is C9H12ClN3. The lowest BCUT2D eigenvalue weighted by Crippen LogP contribution is -2.29. The third-order valence-corrected chi connectivity index (χ3v) is 1.77. The van der Waals surface area contributed by atoms with Crippen LogP contribution in [0.5, 0.6) is 0 Å². The zero-order valence-corrected chi connectivity index (χ0v) is 8.42. The summed E-state index contributed by atoms with van der Waals surface area (Å²) in [6, 6.07) is 7.44. The predicted molar refractivity (Wildman–Crippen MR) is 57.2 cm³/mol. The molecule has 0 fully saturated rings. The van der Waals surface area contributed by atoms with Gasteiger partial charge < -0.3 is 0 Å². The van der Waals surface area contributed by atoms with E-state index in [2.05, 4.69) is 10.5 Å². The first-order chi connectivity index (χ1) is 6.27. The van der Waals surface area contributed by atoms with Crippen LogP contribution in [-0.2, 0) is 0 Å². The average Bonchev–Trinajstić information content (AvgIpc) is 2.16. The first-order valence-corrected chi connectivity index (χ1v) is 4.37. The van der Waals surface area contributed by atoms with E-state index in [0.29, 0.717) is 0 Å². The van der Waals surface area contributed by atoms with E-state index < -0.39 is 0 Å². The summed E-state index contributed by atoms with van der Waals surface area (Å²) in [6.45, 7) is 1.86. The molecule has 0 unspecified atom stereocenters. The molecular weight excluding hydrogens is 186 g/mol. The number of hydrogen-bond acceptors (Lipinski definition) is 3. The summed E-state index contributed by atoms with van der Waals surface area (Å²) in [5.41, 5.74) is 3.88. The molecule has 0 amide bonds. The number of nitrogens with one attached hydrogen (secondary N) is 1. The third kappa shape index (κ3) is 2.72. The van der Waals surface area contributed by atoms with Gasteiger partial charge in [-0.25, -0.2) is 5.43 Å². The molecule has 1 rings (SSSR count). The van der Waals surface area contributed by atoms with Gasteiger partial charge in [-0.15, -0.1) is 0 Å². The molecule has 0 aliphatic carbocycles. The molecule has 0 saturated heterocycles. The molecule has 0 spiro atoms. The molecule has 0 aromatic heterocycles. The molecule has 0 aliphatic heterocycles. The van der Waals surface area contributed by atoms with E-state index in [9.17, 15) is 0 Å². The lowest BCUT2D eigenvalue weighted by Gasteiger charge is -2.16. The maximum Gasteiger partial charge on any atom is 0.0779 e. The monoisotopic (exact) mass is 197 g/mol. The molecule has 0 aliphatic rings. The standard InChI is InChI=1S/C9H12ClN3/c1-3-12-13(11-2)9-6-4-8(10)5-7-9/h3-7,11H,1-2H3/b12-3-. The van der Waals surface area contributed by atoms with Gasteiger partial charge in [-0.1, -0.05) is 11.6 Å². The molecule has 0 saturated carbocycles. The van der Waals surface area contributed by atoms with Crippen molar-refractivity contribution in [2.24, 2.45) is 5.10 Å². The van der Waals surface area contributed by atoms with Crippen LogP contribution in [0.4, 0.5) is 5.69 Å². The molecule has 0 heterocycles. The Morgan fingerprint density at radius 3 is 2.46 bits per heavy atom. The summed E-state index contributed by atoms with van der Waals surface area (Å²) in [5.74, 6) is 0. The molecule has 1 aromatic rings. The predicted octanol–water partition coefficient (Wildman–Crippen LogP) is 2.29. The normalized spacial score (nSPS) is 10.7. The molecule has 0 radical (unpaired) electrons. The SMILES string of the molecule is C/C=N\N(NC)c1ccc(Cl)cc1. The fraction of sp³-hybridized carbons (Fsp3) is 0.222. The van der Waals surface area contributed by atoms with Crippen LogP contribution in [0.1, 0.15) is 6.92 Å². The Kier molecular flexibility index (Phi) is 3.73. The Bertz CT molecular complexity index is 281. The molecule has 3 nitrogen and oxygen atoms in total. The first kappa shape index (κ1) is 10.0. The average molecular weight is 198 g/mol. The minimum Gasteiger partial charge on any atom is -0.216 e. The summed E-state index contributed by atoms with van der Waals surface area (Å²) < 4.78 is 0. The zero-order chi connectivity index (χ0) is 9.68. The number of hydrogen-bond donors (Lipinski definition) is 1. The lowest BCUT2D eigenvalue weighted by atomic mass is 10.3. The smallest absolute Gasteiger partial charge is 0.0779 e. The number of benzene rings is 1. The van der Waals surface area contributed by atoms with Crippen LogP contribution in [0.3, 0.4) is 0 Å². The van der Waals surface area contributed by atoms with Crippen LogP contribution >= 0.6 is 11.6 Å². The van der Waals surface area contributed by atoms with E-state index in [1.165, 1.54) is 0 Å². The lowest BCUT2D eigenvalue weighted by molar-refractivity contribution is 0.742. The Morgan fingerprint density at radius 1 is 1.38 bits per heavy atom. The number of rotatable bonds is 3. The van der Waals surface area contributed by atoms with E-state index in [4.69, 9.17) is 11.6 Å². The first-order valence-electron chi connectivity index (χ1n) is 3.99. The van der Waals surface area contributed by atoms with Crippen molar-refractivity contribution in [2.75, 3.05) is 12.2 Å². The van der Waals surface area contributed by atoms with Crippen molar-refractivity contribution in [3.8, 4) is 0 Å². The van der Waals surface area contributed by atoms with Crippen LogP contribution in [0, 0.1) is 0 Å². The van der Waals surface area contributed by atoms with E-state index in [0.717, 1.165) is 10.7 Å². The number of halogens is 1. The van der Waals surface area contributed by atoms with Crippen molar-refractivity contribution in [3.05, 3.63) is 29.3 Å². The van der Waals surface area contributed by atoms with Gasteiger partial charge in [0, 0.05) is 18.3 Å². The van der Waals surface area contributed by atoms with E-state index in [-0.39, 0.29) is 0 Å². The van der Waals surface area contributed by atoms with Gasteiger partial charge >= 0.3 is 0 Å². The van der Waals surface area contributed by atoms with E-state index >= 15 is 0 Å². The third-order valence-electron chi connectivity index (χ3n) is 1.51. The van der Waals surface area contributed by atoms with Crippen molar-refractivity contribution in [3.63, 3.8) is 0 Å². The minimum atomic E-state index is 0.722. The Labute approximate surface area is 83.0 Å². The molecule has 1 aromatic carbocycles. The van der Waals surface area contributed by atoms with Crippen LogP contribution in [0.2, 0.25) is 5.02 Å². The van der Waals surface area contributed by atoms with Gasteiger partial charge in [-0.2, -0.15) is 10.2 Å². The summed E-state index contributed by atoms with van der Waals surface area (Å²) in [4.78, 5) is 0. The molecule has 1 N–H and O–H groups in total. The fourth-order valence-electron chi connectivity index (χ4n) is 0.951. The van der Waals surface area contributed by atoms with Gasteiger partial charge in [-0.3, -0.25) is 0 Å². The van der Waals surface area contributed by atoms with Gasteiger partial charge in [-0.05, 0) is 31.2 Å². The molecule has 0 atom stereocenters. The number of hydrazone groups is 1. The van der Waals surface area contributed by atoms with Crippen LogP contribution in [-0.4, -0.2) is 13.3 Å². The zero-order valence-electron chi connectivity index (χ0n) is 7.66. The van der Waals surface area contributed by atoms with E-state index in [1.807, 2.05) is 38.2 Å². The second-order valence-corrected chi connectivity index (χ2v) is 2.82. The van der Waals surface area contributed by atoms with Crippen molar-refractivity contribution in [1.82, 2.24) is 5.43 Å². The van der Waals surface area contributed by atoms with Gasteiger partial charge in [0.05, 0.1) is 5.69 Å². The highest BCUT2D eigenvalue weighted by atomic mass is 35.5. The molecule has 70 valence electrons. The highest BCUT2D eigenvalue weighted by Crippen LogP contribution is 2.16. The highest BCUT2D eigenvalue weighted by molar-refractivity contribution is 6.30. The number of hydrazine groups is 1. The van der Waals surface area contributed by atoms with Crippen molar-refractivity contribution in [1.29, 1.82) is 0 Å². The van der Waals surface area contributed by atoms with Crippen molar-refractivity contribution in [2.45, 2.75) is 6.92 Å². The van der Waals surface area contributed by atoms with Gasteiger partial charge in [0.1, 0.15) is 0 Å². The summed E-state index contributed by atoms with van der Waals surface area (Å²) >= 11 is 5.76. The molecule has 4 heteroatoms. The maximum absolute atomic E-state index is 5.76. The number of anilines is 1. The molecule has 0 bridgehead atoms. The topological polar surface area (TPSA) is 27.6 Å². The Balaban J connectivity index is 2.85. The van der Waals surface area contributed by atoms with Gasteiger partial charge in [0.25, 0.3) is 0 Å². The van der Waals surface area contributed by atoms with Crippen molar-refractivity contribution < 1.29 is 0 Å². The van der Waals surface area contributed by atoms with Crippen LogP contribution in [0.25, 0.3) is 0 Å². The Morgan fingerprint density at radius 2 is 2.00 bits per heavy atom. The summed E-state index contributed by atoms with van der Waals surface area (Å²) in [6.07, 6.45) is 1.71. The fourth-order valence-corrected chi connectivity index (χ4v) is 1.08. The second-order valence-electron chi connectivity index (χ2n) is 2.39. The van der Waals surface area contributed by atoms with Crippen LogP contribution in [0.15, 0.2) is 29.4 Å². The summed E-state index contributed by atoms with van der Waals surface area (Å²) in [7, 11) is 1.81. The van der Waals surface area contributed by atoms with Gasteiger partial charge in [0.2, 0.25) is 0 Å². The van der Waals surface area contributed by atoms with Gasteiger partial charge in [0.15, 0.2) is 0 Å². The minimum absolute atomic E-state index is 0.722. The van der Waals surface area contributed by atoms with E-state index in [1.54, 1.807) is 11.3 Å². The molecule has 13 heavy (non-hydrogen) atoms. The van der Waals surface area contributed by atoms with Crippen LogP contribution < -0.4 is 10.5 Å². The highest BCUT2D eigenvalue weighted by Gasteiger charge is 1.99. The quantitative estimate of drug-likeness (QED) is 0.595. The second kappa shape index (κ2) is 4.84. The van der Waals surface area contributed by atoms with Crippen molar-refractivity contribution >= 4 is 23.5 Å². The largest absolute Gasteiger partial charge is 0.216 e. The Hall–Kier alpha value is -1.06. The number of nitrogens with zero attached hydrogens (tertiary/aromatic N) is 2. The maximum atomic E-state index is 5.76.